The van der Waals surface area contributed by atoms with E-state index in [1.165, 1.54) is 77.0 Å². The van der Waals surface area contributed by atoms with E-state index in [4.69, 9.17) is 9.84 Å². The van der Waals surface area contributed by atoms with Crippen molar-refractivity contribution in [2.24, 2.45) is 34.5 Å². The van der Waals surface area contributed by atoms with Gasteiger partial charge in [0.1, 0.15) is 0 Å². The highest BCUT2D eigenvalue weighted by atomic mass is 16.5. The van der Waals surface area contributed by atoms with Crippen LogP contribution in [0.15, 0.2) is 11.6 Å². The fourth-order valence-electron chi connectivity index (χ4n) is 8.25. The minimum absolute atomic E-state index is 0.151. The SMILES string of the molecule is CC(C)CCCCC12CCC[C@H]1[C@@H]1CC=C3C[C@@H](OCCO)CC[C@]3(C)[C@H]1CC2. The van der Waals surface area contributed by atoms with Crippen LogP contribution in [0.2, 0.25) is 0 Å². The van der Waals surface area contributed by atoms with E-state index in [0.29, 0.717) is 23.5 Å². The molecule has 0 bridgehead atoms. The van der Waals surface area contributed by atoms with Gasteiger partial charge in [0, 0.05) is 0 Å². The van der Waals surface area contributed by atoms with Gasteiger partial charge < -0.3 is 9.84 Å². The molecule has 4 rings (SSSR count). The molecule has 4 aliphatic carbocycles. The number of rotatable bonds is 8. The second kappa shape index (κ2) is 9.03. The molecule has 0 aromatic rings. The lowest BCUT2D eigenvalue weighted by molar-refractivity contribution is -0.0583. The van der Waals surface area contributed by atoms with Crippen LogP contribution in [0.1, 0.15) is 104 Å². The summed E-state index contributed by atoms with van der Waals surface area (Å²) in [7, 11) is 0. The zero-order valence-electron chi connectivity index (χ0n) is 19.4. The Kier molecular flexibility index (Phi) is 6.81. The maximum absolute atomic E-state index is 9.11. The van der Waals surface area contributed by atoms with Gasteiger partial charge in [0.25, 0.3) is 0 Å². The fourth-order valence-corrected chi connectivity index (χ4v) is 8.25. The summed E-state index contributed by atoms with van der Waals surface area (Å²) in [4.78, 5) is 0. The Labute approximate surface area is 179 Å². The van der Waals surface area contributed by atoms with Crippen LogP contribution in [0.25, 0.3) is 0 Å². The van der Waals surface area contributed by atoms with E-state index in [0.717, 1.165) is 30.1 Å². The summed E-state index contributed by atoms with van der Waals surface area (Å²) < 4.78 is 5.93. The minimum Gasteiger partial charge on any atom is -0.394 e. The lowest BCUT2D eigenvalue weighted by Gasteiger charge is -2.58. The molecule has 29 heavy (non-hydrogen) atoms. The zero-order chi connectivity index (χ0) is 20.5. The predicted octanol–water partition coefficient (Wildman–Crippen LogP) is 6.91. The van der Waals surface area contributed by atoms with Gasteiger partial charge in [0.15, 0.2) is 0 Å². The Morgan fingerprint density at radius 2 is 1.97 bits per heavy atom. The summed E-state index contributed by atoms with van der Waals surface area (Å²) >= 11 is 0. The van der Waals surface area contributed by atoms with E-state index >= 15 is 0 Å². The zero-order valence-corrected chi connectivity index (χ0v) is 19.4. The normalized spacial score (nSPS) is 41.6. The van der Waals surface area contributed by atoms with Crippen molar-refractivity contribution in [1.82, 2.24) is 0 Å². The summed E-state index contributed by atoms with van der Waals surface area (Å²) in [5.74, 6) is 3.72. The molecule has 2 heteroatoms. The van der Waals surface area contributed by atoms with Crippen molar-refractivity contribution in [1.29, 1.82) is 0 Å². The number of hydrogen-bond donors (Lipinski definition) is 1. The summed E-state index contributed by atoms with van der Waals surface area (Å²) in [6, 6.07) is 0. The molecule has 6 atom stereocenters. The molecule has 3 fully saturated rings. The van der Waals surface area contributed by atoms with E-state index in [-0.39, 0.29) is 6.61 Å². The molecule has 0 saturated heterocycles. The first kappa shape index (κ1) is 21.9. The van der Waals surface area contributed by atoms with Crippen molar-refractivity contribution in [2.45, 2.75) is 110 Å². The highest BCUT2D eigenvalue weighted by Gasteiger charge is 2.56. The maximum Gasteiger partial charge on any atom is 0.0701 e. The third-order valence-corrected chi connectivity index (χ3v) is 9.74. The average molecular weight is 403 g/mol. The number of hydrogen-bond acceptors (Lipinski definition) is 2. The first-order valence-corrected chi connectivity index (χ1v) is 12.9. The van der Waals surface area contributed by atoms with Crippen LogP contribution in [0.5, 0.6) is 0 Å². The van der Waals surface area contributed by atoms with Gasteiger partial charge in [-0.05, 0) is 92.3 Å². The number of fused-ring (bicyclic) bond motifs is 5. The van der Waals surface area contributed by atoms with Crippen molar-refractivity contribution in [3.63, 3.8) is 0 Å². The second-order valence-electron chi connectivity index (χ2n) is 11.7. The van der Waals surface area contributed by atoms with Gasteiger partial charge in [0.2, 0.25) is 0 Å². The highest BCUT2D eigenvalue weighted by molar-refractivity contribution is 5.25. The van der Waals surface area contributed by atoms with Crippen LogP contribution in [0.3, 0.4) is 0 Å². The summed E-state index contributed by atoms with van der Waals surface area (Å²) in [5, 5.41) is 9.11. The second-order valence-corrected chi connectivity index (χ2v) is 11.7. The lowest BCUT2D eigenvalue weighted by Crippen LogP contribution is -2.50. The Balaban J connectivity index is 1.44. The van der Waals surface area contributed by atoms with Crippen LogP contribution in [-0.4, -0.2) is 24.4 Å². The largest absolute Gasteiger partial charge is 0.394 e. The van der Waals surface area contributed by atoms with Crippen molar-refractivity contribution in [3.05, 3.63) is 11.6 Å². The summed E-state index contributed by atoms with van der Waals surface area (Å²) in [6.45, 7) is 8.00. The van der Waals surface area contributed by atoms with Crippen LogP contribution in [0, 0.1) is 34.5 Å². The first-order chi connectivity index (χ1) is 14.0. The van der Waals surface area contributed by atoms with Crippen LogP contribution >= 0.6 is 0 Å². The molecule has 0 amide bonds. The molecular weight excluding hydrogens is 356 g/mol. The van der Waals surface area contributed by atoms with Gasteiger partial charge in [0.05, 0.1) is 19.3 Å². The lowest BCUT2D eigenvalue weighted by atomic mass is 9.47. The molecule has 0 aliphatic heterocycles. The van der Waals surface area contributed by atoms with Crippen molar-refractivity contribution < 1.29 is 9.84 Å². The molecule has 0 heterocycles. The van der Waals surface area contributed by atoms with Gasteiger partial charge in [-0.25, -0.2) is 0 Å². The van der Waals surface area contributed by atoms with Crippen LogP contribution < -0.4 is 0 Å². The maximum atomic E-state index is 9.11. The molecule has 0 aromatic heterocycles. The average Bonchev–Trinajstić information content (AvgIpc) is 3.14. The Bertz CT molecular complexity index is 581. The van der Waals surface area contributed by atoms with Crippen molar-refractivity contribution in [2.75, 3.05) is 13.2 Å². The summed E-state index contributed by atoms with van der Waals surface area (Å²) in [6.07, 6.45) is 21.3. The predicted molar refractivity (Wildman–Crippen MR) is 121 cm³/mol. The third kappa shape index (κ3) is 4.22. The molecule has 0 spiro atoms. The fraction of sp³-hybridized carbons (Fsp3) is 0.926. The number of ether oxygens (including phenoxy) is 1. The van der Waals surface area contributed by atoms with Crippen molar-refractivity contribution >= 4 is 0 Å². The Hall–Kier alpha value is -0.340. The van der Waals surface area contributed by atoms with Crippen LogP contribution in [-0.2, 0) is 4.74 Å². The molecule has 0 aromatic carbocycles. The molecule has 3 saturated carbocycles. The van der Waals surface area contributed by atoms with E-state index in [2.05, 4.69) is 26.8 Å². The van der Waals surface area contributed by atoms with Gasteiger partial charge in [-0.15, -0.1) is 0 Å². The molecule has 0 radical (unpaired) electrons. The molecular formula is C27H46O2. The van der Waals surface area contributed by atoms with E-state index in [9.17, 15) is 0 Å². The molecule has 1 N–H and O–H groups in total. The molecule has 2 nitrogen and oxygen atoms in total. The van der Waals surface area contributed by atoms with Crippen LogP contribution in [0.4, 0.5) is 0 Å². The summed E-state index contributed by atoms with van der Waals surface area (Å²) in [5.41, 5.74) is 2.82. The smallest absolute Gasteiger partial charge is 0.0701 e. The molecule has 1 unspecified atom stereocenters. The van der Waals surface area contributed by atoms with Gasteiger partial charge >= 0.3 is 0 Å². The quantitative estimate of drug-likeness (QED) is 0.353. The van der Waals surface area contributed by atoms with Gasteiger partial charge in [-0.2, -0.15) is 0 Å². The standard InChI is InChI=1S/C27H46O2/c1-20(2)7-4-5-13-27-14-6-8-25(27)23-10-9-21-19-22(29-18-17-28)11-15-26(21,3)24(23)12-16-27/h9,20,22-25,28H,4-8,10-19H2,1-3H3/t22-,23+,24-,25-,26-,27?/m0/s1. The van der Waals surface area contributed by atoms with E-state index in [1.54, 1.807) is 5.57 Å². The van der Waals surface area contributed by atoms with Gasteiger partial charge in [-0.1, -0.05) is 58.1 Å². The highest BCUT2D eigenvalue weighted by Crippen LogP contribution is 2.66. The molecule has 4 aliphatic rings. The Morgan fingerprint density at radius 1 is 1.10 bits per heavy atom. The van der Waals surface area contributed by atoms with Crippen molar-refractivity contribution in [3.8, 4) is 0 Å². The van der Waals surface area contributed by atoms with E-state index in [1.807, 2.05) is 0 Å². The Morgan fingerprint density at radius 3 is 2.76 bits per heavy atom. The van der Waals surface area contributed by atoms with E-state index < -0.39 is 0 Å². The number of allylic oxidation sites excluding steroid dienone is 1. The number of unbranched alkanes of at least 4 members (excludes halogenated alkanes) is 1. The monoisotopic (exact) mass is 402 g/mol. The molecule has 166 valence electrons. The third-order valence-electron chi connectivity index (χ3n) is 9.74. The van der Waals surface area contributed by atoms with Gasteiger partial charge in [-0.3, -0.25) is 0 Å². The number of aliphatic hydroxyl groups excluding tert-OH is 1. The first-order valence-electron chi connectivity index (χ1n) is 12.9. The number of aliphatic hydroxyl groups is 1. The minimum atomic E-state index is 0.151. The topological polar surface area (TPSA) is 29.5 Å².